The Balaban J connectivity index is 1.65. The van der Waals surface area contributed by atoms with E-state index in [2.05, 4.69) is 4.98 Å². The van der Waals surface area contributed by atoms with Gasteiger partial charge in [-0.25, -0.2) is 4.98 Å². The third-order valence-corrected chi connectivity index (χ3v) is 4.47. The topological polar surface area (TPSA) is 68.5 Å². The van der Waals surface area contributed by atoms with Gasteiger partial charge in [-0.05, 0) is 31.5 Å². The number of amides is 1. The van der Waals surface area contributed by atoms with Crippen LogP contribution in [0.15, 0.2) is 29.6 Å². The molecule has 2 aromatic rings. The van der Waals surface area contributed by atoms with Crippen LogP contribution in [0.1, 0.15) is 27.5 Å². The summed E-state index contributed by atoms with van der Waals surface area (Å²) < 4.78 is 5.73. The molecule has 2 N–H and O–H groups in total. The predicted octanol–water partition coefficient (Wildman–Crippen LogP) is 2.20. The molecule has 2 heterocycles. The second-order valence-corrected chi connectivity index (χ2v) is 6.54. The van der Waals surface area contributed by atoms with Crippen LogP contribution in [0.2, 0.25) is 0 Å². The van der Waals surface area contributed by atoms with Crippen LogP contribution in [-0.4, -0.2) is 34.9 Å². The summed E-state index contributed by atoms with van der Waals surface area (Å²) in [7, 11) is 0. The monoisotopic (exact) mass is 317 g/mol. The highest BCUT2D eigenvalue weighted by molar-refractivity contribution is 7.09. The van der Waals surface area contributed by atoms with E-state index in [1.54, 1.807) is 22.3 Å². The smallest absolute Gasteiger partial charge is 0.254 e. The Bertz CT molecular complexity index is 671. The Labute approximate surface area is 133 Å². The lowest BCUT2D eigenvalue weighted by Crippen LogP contribution is -2.31. The van der Waals surface area contributed by atoms with E-state index in [1.165, 1.54) is 0 Å². The fourth-order valence-corrected chi connectivity index (χ4v) is 3.10. The van der Waals surface area contributed by atoms with Gasteiger partial charge in [-0.15, -0.1) is 11.3 Å². The molecule has 1 saturated heterocycles. The zero-order chi connectivity index (χ0) is 15.5. The molecule has 6 heteroatoms. The quantitative estimate of drug-likeness (QED) is 0.938. The molecule has 0 radical (unpaired) electrons. The molecule has 1 atom stereocenters. The third-order valence-electron chi connectivity index (χ3n) is 3.65. The van der Waals surface area contributed by atoms with Crippen molar-refractivity contribution in [2.24, 2.45) is 5.73 Å². The largest absolute Gasteiger partial charge is 0.487 e. The molecule has 0 unspecified atom stereocenters. The second kappa shape index (κ2) is 6.46. The van der Waals surface area contributed by atoms with Crippen LogP contribution < -0.4 is 10.5 Å². The molecule has 1 aliphatic heterocycles. The van der Waals surface area contributed by atoms with Crippen molar-refractivity contribution in [3.05, 3.63) is 45.9 Å². The predicted molar refractivity (Wildman–Crippen MR) is 86.1 cm³/mol. The van der Waals surface area contributed by atoms with Gasteiger partial charge in [0, 0.05) is 30.1 Å². The van der Waals surface area contributed by atoms with Crippen molar-refractivity contribution in [3.8, 4) is 5.75 Å². The first-order chi connectivity index (χ1) is 10.6. The molecule has 0 spiro atoms. The van der Waals surface area contributed by atoms with Crippen LogP contribution in [0.25, 0.3) is 0 Å². The van der Waals surface area contributed by atoms with Gasteiger partial charge in [0.15, 0.2) is 0 Å². The molecule has 0 bridgehead atoms. The number of likely N-dealkylation sites (tertiary alicyclic amines) is 1. The van der Waals surface area contributed by atoms with Gasteiger partial charge in [0.1, 0.15) is 12.4 Å². The Morgan fingerprint density at radius 2 is 2.41 bits per heavy atom. The van der Waals surface area contributed by atoms with Gasteiger partial charge >= 0.3 is 0 Å². The molecule has 22 heavy (non-hydrogen) atoms. The van der Waals surface area contributed by atoms with Gasteiger partial charge in [-0.2, -0.15) is 0 Å². The van der Waals surface area contributed by atoms with Gasteiger partial charge in [-0.3, -0.25) is 4.79 Å². The molecular formula is C16H19N3O2S. The molecule has 3 rings (SSSR count). The number of aromatic nitrogens is 1. The first kappa shape index (κ1) is 15.0. The lowest BCUT2D eigenvalue weighted by Gasteiger charge is -2.16. The molecule has 1 fully saturated rings. The molecule has 1 aliphatic rings. The molecule has 1 amide bonds. The van der Waals surface area contributed by atoms with Crippen LogP contribution in [0.4, 0.5) is 0 Å². The summed E-state index contributed by atoms with van der Waals surface area (Å²) in [4.78, 5) is 18.6. The highest BCUT2D eigenvalue weighted by atomic mass is 32.1. The number of hydrogen-bond donors (Lipinski definition) is 1. The average molecular weight is 317 g/mol. The first-order valence-electron chi connectivity index (χ1n) is 7.30. The van der Waals surface area contributed by atoms with Crippen molar-refractivity contribution in [3.63, 3.8) is 0 Å². The molecule has 0 saturated carbocycles. The number of benzene rings is 1. The van der Waals surface area contributed by atoms with Crippen molar-refractivity contribution >= 4 is 17.2 Å². The second-order valence-electron chi connectivity index (χ2n) is 5.47. The normalized spacial score (nSPS) is 17.7. The van der Waals surface area contributed by atoms with Gasteiger partial charge in [0.2, 0.25) is 0 Å². The fraction of sp³-hybridized carbons (Fsp3) is 0.375. The fourth-order valence-electron chi connectivity index (χ4n) is 2.51. The number of nitrogens with two attached hydrogens (primary N) is 1. The van der Waals surface area contributed by atoms with Gasteiger partial charge in [0.25, 0.3) is 5.91 Å². The third kappa shape index (κ3) is 3.45. The van der Waals surface area contributed by atoms with E-state index in [1.807, 2.05) is 30.5 Å². The molecular weight excluding hydrogens is 298 g/mol. The summed E-state index contributed by atoms with van der Waals surface area (Å²) in [5.41, 5.74) is 7.41. The van der Waals surface area contributed by atoms with Crippen molar-refractivity contribution in [2.45, 2.75) is 26.0 Å². The Morgan fingerprint density at radius 1 is 1.55 bits per heavy atom. The Kier molecular flexibility index (Phi) is 4.40. The minimum atomic E-state index is 0.0166. The summed E-state index contributed by atoms with van der Waals surface area (Å²) in [5.74, 6) is 0.697. The van der Waals surface area contributed by atoms with Gasteiger partial charge < -0.3 is 15.4 Å². The zero-order valence-corrected chi connectivity index (χ0v) is 13.3. The minimum absolute atomic E-state index is 0.0166. The summed E-state index contributed by atoms with van der Waals surface area (Å²) in [5, 5.41) is 3.00. The molecule has 1 aromatic carbocycles. The number of hydrogen-bond acceptors (Lipinski definition) is 5. The molecule has 5 nitrogen and oxygen atoms in total. The number of thiazole rings is 1. The van der Waals surface area contributed by atoms with E-state index >= 15 is 0 Å². The number of ether oxygens (including phenoxy) is 1. The SMILES string of the molecule is Cc1nc(COc2cccc(C(=O)N3CC[C@@H](N)C3)c2)cs1. The van der Waals surface area contributed by atoms with Crippen molar-refractivity contribution in [1.29, 1.82) is 0 Å². The number of aryl methyl sites for hydroxylation is 1. The molecule has 0 aliphatic carbocycles. The molecule has 1 aromatic heterocycles. The standard InChI is InChI=1S/C16H19N3O2S/c1-11-18-14(10-22-11)9-21-15-4-2-3-12(7-15)16(20)19-6-5-13(17)8-19/h2-4,7,10,13H,5-6,8-9,17H2,1H3/t13-/m1/s1. The van der Waals surface area contributed by atoms with Gasteiger partial charge in [-0.1, -0.05) is 6.07 Å². The van der Waals surface area contributed by atoms with Crippen LogP contribution in [0.5, 0.6) is 5.75 Å². The van der Waals surface area contributed by atoms with Crippen LogP contribution in [0, 0.1) is 6.92 Å². The van der Waals surface area contributed by atoms with E-state index in [9.17, 15) is 4.79 Å². The van der Waals surface area contributed by atoms with Crippen LogP contribution in [0.3, 0.4) is 0 Å². The lowest BCUT2D eigenvalue weighted by molar-refractivity contribution is 0.0790. The zero-order valence-electron chi connectivity index (χ0n) is 12.5. The van der Waals surface area contributed by atoms with Crippen LogP contribution in [-0.2, 0) is 6.61 Å². The summed E-state index contributed by atoms with van der Waals surface area (Å²) in [6.45, 7) is 3.73. The highest BCUT2D eigenvalue weighted by Crippen LogP contribution is 2.19. The van der Waals surface area contributed by atoms with Crippen LogP contribution >= 0.6 is 11.3 Å². The van der Waals surface area contributed by atoms with Crippen molar-refractivity contribution in [1.82, 2.24) is 9.88 Å². The van der Waals surface area contributed by atoms with Crippen molar-refractivity contribution < 1.29 is 9.53 Å². The highest BCUT2D eigenvalue weighted by Gasteiger charge is 2.24. The number of carbonyl (C=O) groups is 1. The maximum atomic E-state index is 12.4. The lowest BCUT2D eigenvalue weighted by atomic mass is 10.2. The first-order valence-corrected chi connectivity index (χ1v) is 8.18. The number of nitrogens with zero attached hydrogens (tertiary/aromatic N) is 2. The average Bonchev–Trinajstić information content (AvgIpc) is 3.13. The Hall–Kier alpha value is -1.92. The van der Waals surface area contributed by atoms with E-state index in [0.29, 0.717) is 24.5 Å². The minimum Gasteiger partial charge on any atom is -0.487 e. The summed E-state index contributed by atoms with van der Waals surface area (Å²) in [6, 6.07) is 7.38. The Morgan fingerprint density at radius 3 is 3.09 bits per heavy atom. The van der Waals surface area contributed by atoms with Gasteiger partial charge in [0.05, 0.1) is 10.7 Å². The maximum absolute atomic E-state index is 12.4. The number of rotatable bonds is 4. The van der Waals surface area contributed by atoms with Crippen molar-refractivity contribution in [2.75, 3.05) is 13.1 Å². The van der Waals surface area contributed by atoms with E-state index in [0.717, 1.165) is 23.7 Å². The number of carbonyl (C=O) groups excluding carboxylic acids is 1. The van der Waals surface area contributed by atoms with E-state index in [-0.39, 0.29) is 11.9 Å². The summed E-state index contributed by atoms with van der Waals surface area (Å²) in [6.07, 6.45) is 0.866. The summed E-state index contributed by atoms with van der Waals surface area (Å²) >= 11 is 1.60. The molecule has 116 valence electrons. The van der Waals surface area contributed by atoms with E-state index < -0.39 is 0 Å². The van der Waals surface area contributed by atoms with E-state index in [4.69, 9.17) is 10.5 Å². The maximum Gasteiger partial charge on any atom is 0.254 e.